The summed E-state index contributed by atoms with van der Waals surface area (Å²) < 4.78 is 29.1. The highest BCUT2D eigenvalue weighted by molar-refractivity contribution is 5.40. The molecule has 0 fully saturated rings. The summed E-state index contributed by atoms with van der Waals surface area (Å²) in [5.41, 5.74) is 7.18. The fraction of sp³-hybridized carbons (Fsp3) is 0.455. The smallest absolute Gasteiger partial charge is 0.272 e. The molecule has 2 N–H and O–H groups in total. The van der Waals surface area contributed by atoms with Crippen molar-refractivity contribution in [3.05, 3.63) is 29.3 Å². The Kier molecular flexibility index (Phi) is 4.49. The van der Waals surface area contributed by atoms with Crippen molar-refractivity contribution in [2.24, 2.45) is 5.73 Å². The number of nitrogens with two attached hydrogens (primary N) is 1. The van der Waals surface area contributed by atoms with Crippen LogP contribution in [-0.2, 0) is 6.42 Å². The van der Waals surface area contributed by atoms with Gasteiger partial charge < -0.3 is 10.5 Å². The molecule has 0 radical (unpaired) electrons. The van der Waals surface area contributed by atoms with E-state index in [1.165, 1.54) is 0 Å². The molecule has 0 aliphatic carbocycles. The van der Waals surface area contributed by atoms with Gasteiger partial charge in [0, 0.05) is 0 Å². The zero-order valence-electron chi connectivity index (χ0n) is 8.67. The molecule has 4 heteroatoms. The third kappa shape index (κ3) is 3.47. The Morgan fingerprint density at radius 1 is 1.40 bits per heavy atom. The average Bonchev–Trinajstić information content (AvgIpc) is 2.17. The predicted octanol–water partition coefficient (Wildman–Crippen LogP) is 2.14. The Hall–Kier alpha value is -1.16. The van der Waals surface area contributed by atoms with E-state index >= 15 is 0 Å². The van der Waals surface area contributed by atoms with E-state index in [4.69, 9.17) is 10.5 Å². The summed E-state index contributed by atoms with van der Waals surface area (Å²) in [4.78, 5) is 0. The molecule has 1 rings (SSSR count). The van der Waals surface area contributed by atoms with Crippen molar-refractivity contribution in [3.63, 3.8) is 0 Å². The first-order valence-corrected chi connectivity index (χ1v) is 4.84. The molecule has 0 aliphatic heterocycles. The first kappa shape index (κ1) is 11.9. The second-order valence-corrected chi connectivity index (χ2v) is 3.30. The highest BCUT2D eigenvalue weighted by Crippen LogP contribution is 2.24. The van der Waals surface area contributed by atoms with Crippen LogP contribution >= 0.6 is 0 Å². The first-order valence-electron chi connectivity index (χ1n) is 4.84. The lowest BCUT2D eigenvalue weighted by atomic mass is 10.1. The van der Waals surface area contributed by atoms with E-state index in [1.807, 2.05) is 25.1 Å². The molecule has 0 aliphatic rings. The zero-order chi connectivity index (χ0) is 11.3. The molecule has 0 saturated carbocycles. The monoisotopic (exact) mass is 215 g/mol. The van der Waals surface area contributed by atoms with Gasteiger partial charge in [-0.1, -0.05) is 18.2 Å². The van der Waals surface area contributed by atoms with E-state index in [0.717, 1.165) is 11.1 Å². The molecule has 1 aromatic rings. The second kappa shape index (κ2) is 5.66. The van der Waals surface area contributed by atoms with Crippen molar-refractivity contribution in [1.29, 1.82) is 0 Å². The third-order valence-corrected chi connectivity index (χ3v) is 2.06. The van der Waals surface area contributed by atoms with Gasteiger partial charge in [0.15, 0.2) is 0 Å². The quantitative estimate of drug-likeness (QED) is 0.816. The van der Waals surface area contributed by atoms with Crippen LogP contribution in [0.3, 0.4) is 0 Å². The molecule has 0 atom stereocenters. The number of aryl methyl sites for hydroxylation is 1. The summed E-state index contributed by atoms with van der Waals surface area (Å²) in [6.07, 6.45) is -1.81. The molecule has 84 valence electrons. The summed E-state index contributed by atoms with van der Waals surface area (Å²) in [5, 5.41) is 0. The Labute approximate surface area is 88.0 Å². The van der Waals surface area contributed by atoms with Gasteiger partial charge in [0.1, 0.15) is 12.4 Å². The van der Waals surface area contributed by atoms with Gasteiger partial charge in [-0.05, 0) is 31.0 Å². The van der Waals surface area contributed by atoms with Crippen LogP contribution in [0, 0.1) is 6.92 Å². The van der Waals surface area contributed by atoms with Crippen LogP contribution < -0.4 is 10.5 Å². The predicted molar refractivity (Wildman–Crippen MR) is 55.4 cm³/mol. The fourth-order valence-corrected chi connectivity index (χ4v) is 1.42. The van der Waals surface area contributed by atoms with Crippen LogP contribution in [0.2, 0.25) is 0 Å². The number of alkyl halides is 2. The van der Waals surface area contributed by atoms with Gasteiger partial charge in [-0.25, -0.2) is 8.78 Å². The maximum absolute atomic E-state index is 12.0. The highest BCUT2D eigenvalue weighted by atomic mass is 19.3. The number of hydrogen-bond acceptors (Lipinski definition) is 2. The van der Waals surface area contributed by atoms with Crippen LogP contribution in [0.15, 0.2) is 18.2 Å². The minimum Gasteiger partial charge on any atom is -0.487 e. The summed E-state index contributed by atoms with van der Waals surface area (Å²) in [6.45, 7) is 1.75. The first-order chi connectivity index (χ1) is 7.15. The highest BCUT2D eigenvalue weighted by Gasteiger charge is 2.09. The molecule has 2 nitrogen and oxygen atoms in total. The van der Waals surface area contributed by atoms with Gasteiger partial charge in [0.25, 0.3) is 6.43 Å². The molecule has 0 unspecified atom stereocenters. The molecule has 15 heavy (non-hydrogen) atoms. The summed E-state index contributed by atoms with van der Waals surface area (Å²) in [5.74, 6) is 0.545. The Morgan fingerprint density at radius 3 is 2.73 bits per heavy atom. The molecular weight excluding hydrogens is 200 g/mol. The van der Waals surface area contributed by atoms with Crippen molar-refractivity contribution in [1.82, 2.24) is 0 Å². The normalized spacial score (nSPS) is 10.7. The van der Waals surface area contributed by atoms with Crippen LogP contribution in [0.5, 0.6) is 5.75 Å². The SMILES string of the molecule is Cc1cccc(CCN)c1OCC(F)F. The molecule has 1 aromatic carbocycles. The maximum Gasteiger partial charge on any atom is 0.272 e. The van der Waals surface area contributed by atoms with Crippen LogP contribution in [-0.4, -0.2) is 19.6 Å². The largest absolute Gasteiger partial charge is 0.487 e. The lowest BCUT2D eigenvalue weighted by molar-refractivity contribution is 0.0811. The summed E-state index contributed by atoms with van der Waals surface area (Å²) in [6, 6.07) is 5.55. The minimum atomic E-state index is -2.45. The number of benzene rings is 1. The standard InChI is InChI=1S/C11H15F2NO/c1-8-3-2-4-9(5-6-14)11(8)15-7-10(12)13/h2-4,10H,5-7,14H2,1H3. The number of para-hydroxylation sites is 1. The molecular formula is C11H15F2NO. The average molecular weight is 215 g/mol. The topological polar surface area (TPSA) is 35.2 Å². The molecule has 0 saturated heterocycles. The lowest BCUT2D eigenvalue weighted by Gasteiger charge is -2.13. The maximum atomic E-state index is 12.0. The lowest BCUT2D eigenvalue weighted by Crippen LogP contribution is -2.11. The number of rotatable bonds is 5. The Morgan fingerprint density at radius 2 is 2.13 bits per heavy atom. The Bertz CT molecular complexity index is 315. The second-order valence-electron chi connectivity index (χ2n) is 3.30. The van der Waals surface area contributed by atoms with Crippen molar-refractivity contribution < 1.29 is 13.5 Å². The number of ether oxygens (including phenoxy) is 1. The van der Waals surface area contributed by atoms with Crippen LogP contribution in [0.25, 0.3) is 0 Å². The van der Waals surface area contributed by atoms with Crippen LogP contribution in [0.4, 0.5) is 8.78 Å². The molecule has 0 spiro atoms. The third-order valence-electron chi connectivity index (χ3n) is 2.06. The van der Waals surface area contributed by atoms with E-state index in [2.05, 4.69) is 0 Å². The van der Waals surface area contributed by atoms with E-state index in [-0.39, 0.29) is 0 Å². The van der Waals surface area contributed by atoms with Gasteiger partial charge in [0.05, 0.1) is 0 Å². The minimum absolute atomic E-state index is 0.481. The Balaban J connectivity index is 2.81. The van der Waals surface area contributed by atoms with Gasteiger partial charge in [-0.3, -0.25) is 0 Å². The van der Waals surface area contributed by atoms with Crippen molar-refractivity contribution in [2.45, 2.75) is 19.8 Å². The van der Waals surface area contributed by atoms with Gasteiger partial charge in [-0.2, -0.15) is 0 Å². The number of halogens is 2. The number of hydrogen-bond donors (Lipinski definition) is 1. The molecule has 0 aromatic heterocycles. The zero-order valence-corrected chi connectivity index (χ0v) is 8.67. The molecule has 0 bridgehead atoms. The fourth-order valence-electron chi connectivity index (χ4n) is 1.42. The van der Waals surface area contributed by atoms with E-state index < -0.39 is 13.0 Å². The van der Waals surface area contributed by atoms with Crippen molar-refractivity contribution in [3.8, 4) is 5.75 Å². The summed E-state index contributed by atoms with van der Waals surface area (Å²) >= 11 is 0. The van der Waals surface area contributed by atoms with Gasteiger partial charge in [0.2, 0.25) is 0 Å². The molecule has 0 heterocycles. The van der Waals surface area contributed by atoms with E-state index in [0.29, 0.717) is 18.7 Å². The van der Waals surface area contributed by atoms with Crippen molar-refractivity contribution >= 4 is 0 Å². The van der Waals surface area contributed by atoms with E-state index in [1.54, 1.807) is 0 Å². The van der Waals surface area contributed by atoms with Crippen LogP contribution in [0.1, 0.15) is 11.1 Å². The molecule has 0 amide bonds. The summed E-state index contributed by atoms with van der Waals surface area (Å²) in [7, 11) is 0. The van der Waals surface area contributed by atoms with Gasteiger partial charge >= 0.3 is 0 Å². The van der Waals surface area contributed by atoms with Gasteiger partial charge in [-0.15, -0.1) is 0 Å². The van der Waals surface area contributed by atoms with Crippen molar-refractivity contribution in [2.75, 3.05) is 13.2 Å². The van der Waals surface area contributed by atoms with E-state index in [9.17, 15) is 8.78 Å².